The number of nitrogens with one attached hydrogen (secondary N) is 1. The van der Waals surface area contributed by atoms with Gasteiger partial charge in [0.25, 0.3) is 5.91 Å². The number of urea groups is 1. The molecule has 1 atom stereocenters. The molecule has 1 aliphatic heterocycles. The molecule has 1 aromatic carbocycles. The first-order valence-corrected chi connectivity index (χ1v) is 7.87. The summed E-state index contributed by atoms with van der Waals surface area (Å²) < 4.78 is 5.13. The molecule has 0 aliphatic carbocycles. The molecule has 0 radical (unpaired) electrons. The summed E-state index contributed by atoms with van der Waals surface area (Å²) in [5.41, 5.74) is 5.36. The van der Waals surface area contributed by atoms with Crippen molar-refractivity contribution in [2.45, 2.75) is 44.7 Å². The van der Waals surface area contributed by atoms with Crippen LogP contribution in [0.15, 0.2) is 24.3 Å². The molecular formula is C17H25N3O3. The van der Waals surface area contributed by atoms with E-state index in [0.29, 0.717) is 18.6 Å². The van der Waals surface area contributed by atoms with Crippen LogP contribution in [-0.4, -0.2) is 36.0 Å². The van der Waals surface area contributed by atoms with Crippen molar-refractivity contribution in [3.8, 4) is 5.75 Å². The van der Waals surface area contributed by atoms with Crippen molar-refractivity contribution < 1.29 is 14.3 Å². The third-order valence-corrected chi connectivity index (χ3v) is 4.82. The fraction of sp³-hybridized carbons (Fsp3) is 0.529. The van der Waals surface area contributed by atoms with E-state index in [1.54, 1.807) is 38.3 Å². The van der Waals surface area contributed by atoms with E-state index < -0.39 is 17.1 Å². The molecule has 1 fully saturated rings. The second kappa shape index (κ2) is 6.20. The third kappa shape index (κ3) is 3.03. The summed E-state index contributed by atoms with van der Waals surface area (Å²) in [7, 11) is 1.58. The number of hydrogen-bond acceptors (Lipinski definition) is 4. The van der Waals surface area contributed by atoms with Gasteiger partial charge in [-0.1, -0.05) is 26.0 Å². The zero-order valence-corrected chi connectivity index (χ0v) is 14.2. The SMILES string of the molecule is CCC(N)(CC)CN1C(=O)NC(C)(c2ccc(OC)cc2)C1=O. The Hall–Kier alpha value is -2.08. The Morgan fingerprint density at radius 1 is 1.22 bits per heavy atom. The monoisotopic (exact) mass is 319 g/mol. The topological polar surface area (TPSA) is 84.7 Å². The second-order valence-corrected chi connectivity index (χ2v) is 6.24. The molecule has 23 heavy (non-hydrogen) atoms. The summed E-state index contributed by atoms with van der Waals surface area (Å²) in [6.45, 7) is 5.86. The molecule has 6 nitrogen and oxygen atoms in total. The van der Waals surface area contributed by atoms with E-state index in [9.17, 15) is 9.59 Å². The number of methoxy groups -OCH3 is 1. The van der Waals surface area contributed by atoms with Crippen LogP contribution in [-0.2, 0) is 10.3 Å². The van der Waals surface area contributed by atoms with Crippen LogP contribution in [0.4, 0.5) is 4.79 Å². The zero-order chi connectivity index (χ0) is 17.3. The molecule has 0 spiro atoms. The van der Waals surface area contributed by atoms with Crippen LogP contribution in [0.2, 0.25) is 0 Å². The summed E-state index contributed by atoms with van der Waals surface area (Å²) in [4.78, 5) is 26.4. The van der Waals surface area contributed by atoms with Crippen molar-refractivity contribution in [3.05, 3.63) is 29.8 Å². The van der Waals surface area contributed by atoms with Gasteiger partial charge in [-0.2, -0.15) is 0 Å². The number of hydrogen-bond donors (Lipinski definition) is 2. The maximum absolute atomic E-state index is 12.9. The van der Waals surface area contributed by atoms with E-state index in [1.165, 1.54) is 4.90 Å². The number of nitrogens with zero attached hydrogens (tertiary/aromatic N) is 1. The Bertz CT molecular complexity index is 596. The standard InChI is InChI=1S/C17H25N3O3/c1-5-17(18,6-2)11-20-14(21)16(3,19-15(20)22)12-7-9-13(23-4)10-8-12/h7-10H,5-6,11,18H2,1-4H3,(H,19,22). The van der Waals surface area contributed by atoms with Gasteiger partial charge in [0.05, 0.1) is 7.11 Å². The predicted octanol–water partition coefficient (Wildman–Crippen LogP) is 1.98. The number of carbonyl (C=O) groups is 2. The van der Waals surface area contributed by atoms with Gasteiger partial charge in [-0.3, -0.25) is 9.69 Å². The molecule has 3 amide bonds. The van der Waals surface area contributed by atoms with Gasteiger partial charge in [-0.15, -0.1) is 0 Å². The van der Waals surface area contributed by atoms with Crippen molar-refractivity contribution >= 4 is 11.9 Å². The lowest BCUT2D eigenvalue weighted by atomic mass is 9.90. The van der Waals surface area contributed by atoms with E-state index in [2.05, 4.69) is 5.32 Å². The highest BCUT2D eigenvalue weighted by atomic mass is 16.5. The summed E-state index contributed by atoms with van der Waals surface area (Å²) in [6.07, 6.45) is 1.39. The summed E-state index contributed by atoms with van der Waals surface area (Å²) in [5.74, 6) is 0.424. The van der Waals surface area contributed by atoms with E-state index in [-0.39, 0.29) is 12.5 Å². The number of amides is 3. The Morgan fingerprint density at radius 2 is 1.78 bits per heavy atom. The van der Waals surface area contributed by atoms with Gasteiger partial charge in [0.15, 0.2) is 0 Å². The van der Waals surface area contributed by atoms with Gasteiger partial charge in [0, 0.05) is 12.1 Å². The quantitative estimate of drug-likeness (QED) is 0.785. The largest absolute Gasteiger partial charge is 0.497 e. The maximum atomic E-state index is 12.9. The lowest BCUT2D eigenvalue weighted by molar-refractivity contribution is -0.131. The molecular weight excluding hydrogens is 294 g/mol. The van der Waals surface area contributed by atoms with E-state index in [4.69, 9.17) is 10.5 Å². The average molecular weight is 319 g/mol. The molecule has 2 rings (SSSR count). The first kappa shape index (κ1) is 17.3. The maximum Gasteiger partial charge on any atom is 0.325 e. The molecule has 3 N–H and O–H groups in total. The highest BCUT2D eigenvalue weighted by Gasteiger charge is 2.50. The Kier molecular flexibility index (Phi) is 4.66. The first-order chi connectivity index (χ1) is 10.8. The number of benzene rings is 1. The predicted molar refractivity (Wildman–Crippen MR) is 88.1 cm³/mol. The highest BCUT2D eigenvalue weighted by Crippen LogP contribution is 2.31. The summed E-state index contributed by atoms with van der Waals surface area (Å²) in [6, 6.07) is 6.72. The number of nitrogens with two attached hydrogens (primary N) is 1. The molecule has 1 unspecified atom stereocenters. The van der Waals surface area contributed by atoms with Crippen LogP contribution in [0, 0.1) is 0 Å². The fourth-order valence-corrected chi connectivity index (χ4v) is 2.75. The van der Waals surface area contributed by atoms with E-state index >= 15 is 0 Å². The van der Waals surface area contributed by atoms with Gasteiger partial charge in [0.2, 0.25) is 0 Å². The molecule has 1 aliphatic rings. The second-order valence-electron chi connectivity index (χ2n) is 6.24. The molecule has 6 heteroatoms. The first-order valence-electron chi connectivity index (χ1n) is 7.87. The lowest BCUT2D eigenvalue weighted by Gasteiger charge is -2.31. The van der Waals surface area contributed by atoms with Crippen molar-refractivity contribution in [2.24, 2.45) is 5.73 Å². The van der Waals surface area contributed by atoms with E-state index in [1.807, 2.05) is 13.8 Å². The molecule has 0 aromatic heterocycles. The Balaban J connectivity index is 2.28. The minimum Gasteiger partial charge on any atom is -0.497 e. The van der Waals surface area contributed by atoms with Crippen LogP contribution >= 0.6 is 0 Å². The van der Waals surface area contributed by atoms with Crippen LogP contribution < -0.4 is 15.8 Å². The van der Waals surface area contributed by atoms with Gasteiger partial charge in [-0.05, 0) is 37.5 Å². The molecule has 126 valence electrons. The van der Waals surface area contributed by atoms with Crippen LogP contribution in [0.5, 0.6) is 5.75 Å². The van der Waals surface area contributed by atoms with E-state index in [0.717, 1.165) is 5.56 Å². The summed E-state index contributed by atoms with van der Waals surface area (Å²) in [5, 5.41) is 2.80. The van der Waals surface area contributed by atoms with Gasteiger partial charge >= 0.3 is 6.03 Å². The van der Waals surface area contributed by atoms with Crippen LogP contribution in [0.1, 0.15) is 39.2 Å². The van der Waals surface area contributed by atoms with Crippen LogP contribution in [0.3, 0.4) is 0 Å². The van der Waals surface area contributed by atoms with Gasteiger partial charge in [0.1, 0.15) is 11.3 Å². The lowest BCUT2D eigenvalue weighted by Crippen LogP contribution is -2.51. The molecule has 0 bridgehead atoms. The van der Waals surface area contributed by atoms with Crippen LogP contribution in [0.25, 0.3) is 0 Å². The Morgan fingerprint density at radius 3 is 2.26 bits per heavy atom. The molecule has 1 aromatic rings. The van der Waals surface area contributed by atoms with Crippen molar-refractivity contribution in [1.29, 1.82) is 0 Å². The molecule has 1 heterocycles. The number of carbonyl (C=O) groups excluding carboxylic acids is 2. The van der Waals surface area contributed by atoms with Crippen molar-refractivity contribution in [3.63, 3.8) is 0 Å². The highest BCUT2D eigenvalue weighted by molar-refractivity contribution is 6.07. The molecule has 0 saturated carbocycles. The summed E-state index contributed by atoms with van der Waals surface area (Å²) >= 11 is 0. The average Bonchev–Trinajstić information content (AvgIpc) is 2.79. The number of rotatable bonds is 6. The normalized spacial score (nSPS) is 21.5. The Labute approximate surface area is 137 Å². The van der Waals surface area contributed by atoms with Crippen molar-refractivity contribution in [1.82, 2.24) is 10.2 Å². The fourth-order valence-electron chi connectivity index (χ4n) is 2.75. The van der Waals surface area contributed by atoms with Crippen molar-refractivity contribution in [2.75, 3.05) is 13.7 Å². The van der Waals surface area contributed by atoms with Gasteiger partial charge < -0.3 is 15.8 Å². The molecule has 1 saturated heterocycles. The third-order valence-electron chi connectivity index (χ3n) is 4.82. The number of ether oxygens (including phenoxy) is 1. The van der Waals surface area contributed by atoms with Gasteiger partial charge in [-0.25, -0.2) is 4.79 Å². The minimum atomic E-state index is -1.08. The zero-order valence-electron chi connectivity index (χ0n) is 14.2. The minimum absolute atomic E-state index is 0.219. The smallest absolute Gasteiger partial charge is 0.325 e. The number of imide groups is 1.